The molecule has 0 saturated carbocycles. The zero-order valence-corrected chi connectivity index (χ0v) is 7.13. The third-order valence-electron chi connectivity index (χ3n) is 2.48. The summed E-state index contributed by atoms with van der Waals surface area (Å²) in [6.45, 7) is 3.50. The van der Waals surface area contributed by atoms with Gasteiger partial charge in [0.05, 0.1) is 19.3 Å². The van der Waals surface area contributed by atoms with Gasteiger partial charge in [0.15, 0.2) is 0 Å². The van der Waals surface area contributed by atoms with Crippen molar-refractivity contribution in [3.63, 3.8) is 0 Å². The van der Waals surface area contributed by atoms with Crippen molar-refractivity contribution in [2.45, 2.75) is 25.0 Å². The summed E-state index contributed by atoms with van der Waals surface area (Å²) in [5, 5.41) is 3.15. The maximum atomic E-state index is 11.5. The number of ether oxygens (including phenoxy) is 2. The summed E-state index contributed by atoms with van der Waals surface area (Å²) < 4.78 is 10.3. The van der Waals surface area contributed by atoms with Gasteiger partial charge in [-0.15, -0.1) is 0 Å². The quantitative estimate of drug-likeness (QED) is 0.578. The molecule has 12 heavy (non-hydrogen) atoms. The van der Waals surface area contributed by atoms with E-state index in [2.05, 4.69) is 5.32 Å². The monoisotopic (exact) mass is 171 g/mol. The number of morpholine rings is 1. The number of carbonyl (C=O) groups is 1. The Morgan fingerprint density at radius 1 is 1.83 bits per heavy atom. The Bertz CT molecular complexity index is 196. The van der Waals surface area contributed by atoms with E-state index in [0.717, 1.165) is 13.0 Å². The lowest BCUT2D eigenvalue weighted by atomic mass is 10.0. The molecular formula is C8H13NO3. The van der Waals surface area contributed by atoms with Crippen molar-refractivity contribution >= 4 is 5.97 Å². The molecule has 0 aliphatic carbocycles. The van der Waals surface area contributed by atoms with Gasteiger partial charge in [0.1, 0.15) is 5.54 Å². The van der Waals surface area contributed by atoms with Crippen LogP contribution in [0.25, 0.3) is 0 Å². The molecule has 2 atom stereocenters. The highest BCUT2D eigenvalue weighted by molar-refractivity contribution is 5.82. The van der Waals surface area contributed by atoms with E-state index in [1.807, 2.05) is 6.92 Å². The number of carbonyl (C=O) groups excluding carboxylic acids is 1. The summed E-state index contributed by atoms with van der Waals surface area (Å²) in [7, 11) is 0. The summed E-state index contributed by atoms with van der Waals surface area (Å²) in [5.41, 5.74) is -0.513. The SMILES string of the molecule is CCOC(=O)C12COC(CN1)C2. The fraction of sp³-hybridized carbons (Fsp3) is 0.875. The molecule has 0 aromatic rings. The van der Waals surface area contributed by atoms with Crippen LogP contribution < -0.4 is 5.32 Å². The third-order valence-corrected chi connectivity index (χ3v) is 2.48. The Morgan fingerprint density at radius 3 is 3.08 bits per heavy atom. The highest BCUT2D eigenvalue weighted by atomic mass is 16.5. The molecule has 2 fully saturated rings. The molecule has 0 spiro atoms. The molecular weight excluding hydrogens is 158 g/mol. The van der Waals surface area contributed by atoms with Crippen molar-refractivity contribution in [3.05, 3.63) is 0 Å². The first-order valence-corrected chi connectivity index (χ1v) is 4.31. The Balaban J connectivity index is 2.06. The van der Waals surface area contributed by atoms with Gasteiger partial charge in [-0.25, -0.2) is 4.79 Å². The fourth-order valence-electron chi connectivity index (χ4n) is 1.81. The summed E-state index contributed by atoms with van der Waals surface area (Å²) in [6, 6.07) is 0. The van der Waals surface area contributed by atoms with Gasteiger partial charge in [-0.2, -0.15) is 0 Å². The normalized spacial score (nSPS) is 38.6. The molecule has 2 bridgehead atoms. The molecule has 2 saturated heterocycles. The van der Waals surface area contributed by atoms with Gasteiger partial charge in [0, 0.05) is 13.0 Å². The standard InChI is InChI=1S/C8H13NO3/c1-2-11-7(10)8-3-6(4-9-8)12-5-8/h6,9H,2-5H2,1H3. The lowest BCUT2D eigenvalue weighted by Crippen LogP contribution is -2.52. The van der Waals surface area contributed by atoms with E-state index in [9.17, 15) is 4.79 Å². The van der Waals surface area contributed by atoms with E-state index in [1.165, 1.54) is 0 Å². The van der Waals surface area contributed by atoms with Crippen molar-refractivity contribution in [3.8, 4) is 0 Å². The average Bonchev–Trinajstić information content (AvgIpc) is 2.64. The predicted octanol–water partition coefficient (Wildman–Crippen LogP) is -0.320. The first kappa shape index (κ1) is 8.01. The summed E-state index contributed by atoms with van der Waals surface area (Å²) in [4.78, 5) is 11.5. The van der Waals surface area contributed by atoms with Gasteiger partial charge in [-0.1, -0.05) is 0 Å². The van der Waals surface area contributed by atoms with Crippen LogP contribution in [0.3, 0.4) is 0 Å². The third kappa shape index (κ3) is 1.03. The molecule has 2 aliphatic rings. The second-order valence-corrected chi connectivity index (χ2v) is 3.32. The molecule has 4 heteroatoms. The van der Waals surface area contributed by atoms with E-state index in [1.54, 1.807) is 0 Å². The van der Waals surface area contributed by atoms with Gasteiger partial charge in [-0.3, -0.25) is 5.32 Å². The number of esters is 1. The highest BCUT2D eigenvalue weighted by Gasteiger charge is 2.52. The van der Waals surface area contributed by atoms with Crippen LogP contribution in [-0.4, -0.2) is 37.4 Å². The minimum atomic E-state index is -0.513. The molecule has 2 unspecified atom stereocenters. The van der Waals surface area contributed by atoms with Crippen LogP contribution in [0.15, 0.2) is 0 Å². The van der Waals surface area contributed by atoms with Crippen LogP contribution >= 0.6 is 0 Å². The van der Waals surface area contributed by atoms with Gasteiger partial charge in [-0.05, 0) is 6.92 Å². The summed E-state index contributed by atoms with van der Waals surface area (Å²) >= 11 is 0. The Kier molecular flexibility index (Phi) is 1.81. The Morgan fingerprint density at radius 2 is 2.67 bits per heavy atom. The molecule has 4 nitrogen and oxygen atoms in total. The summed E-state index contributed by atoms with van der Waals surface area (Å²) in [5.74, 6) is -0.162. The predicted molar refractivity (Wildman–Crippen MR) is 41.7 cm³/mol. The van der Waals surface area contributed by atoms with Crippen molar-refractivity contribution in [2.75, 3.05) is 19.8 Å². The van der Waals surface area contributed by atoms with Crippen molar-refractivity contribution in [1.29, 1.82) is 0 Å². The van der Waals surface area contributed by atoms with Crippen LogP contribution in [0.5, 0.6) is 0 Å². The molecule has 0 amide bonds. The first-order chi connectivity index (χ1) is 5.77. The van der Waals surface area contributed by atoms with E-state index in [4.69, 9.17) is 9.47 Å². The molecule has 0 aromatic heterocycles. The van der Waals surface area contributed by atoms with Crippen molar-refractivity contribution in [2.24, 2.45) is 0 Å². The fourth-order valence-corrected chi connectivity index (χ4v) is 1.81. The van der Waals surface area contributed by atoms with Crippen LogP contribution in [0.1, 0.15) is 13.3 Å². The minimum Gasteiger partial charge on any atom is -0.465 e. The zero-order valence-electron chi connectivity index (χ0n) is 7.13. The van der Waals surface area contributed by atoms with Crippen molar-refractivity contribution < 1.29 is 14.3 Å². The Labute approximate surface area is 71.2 Å². The van der Waals surface area contributed by atoms with E-state index < -0.39 is 5.54 Å². The number of hydrogen-bond donors (Lipinski definition) is 1. The second kappa shape index (κ2) is 2.71. The zero-order chi connectivity index (χ0) is 8.60. The number of fused-ring (bicyclic) bond motifs is 2. The van der Waals surface area contributed by atoms with Gasteiger partial charge < -0.3 is 9.47 Å². The lowest BCUT2D eigenvalue weighted by molar-refractivity contribution is -0.151. The molecule has 0 aromatic carbocycles. The van der Waals surface area contributed by atoms with Crippen LogP contribution in [-0.2, 0) is 14.3 Å². The average molecular weight is 171 g/mol. The van der Waals surface area contributed by atoms with Crippen LogP contribution in [0, 0.1) is 0 Å². The number of rotatable bonds is 2. The second-order valence-electron chi connectivity index (χ2n) is 3.32. The summed E-state index contributed by atoms with van der Waals surface area (Å²) in [6.07, 6.45) is 0.987. The molecule has 68 valence electrons. The number of hydrogen-bond acceptors (Lipinski definition) is 4. The Hall–Kier alpha value is -0.610. The topological polar surface area (TPSA) is 47.6 Å². The van der Waals surface area contributed by atoms with Gasteiger partial charge >= 0.3 is 5.97 Å². The first-order valence-electron chi connectivity index (χ1n) is 4.31. The van der Waals surface area contributed by atoms with Crippen molar-refractivity contribution in [1.82, 2.24) is 5.32 Å². The maximum Gasteiger partial charge on any atom is 0.328 e. The van der Waals surface area contributed by atoms with E-state index >= 15 is 0 Å². The van der Waals surface area contributed by atoms with E-state index in [0.29, 0.717) is 13.2 Å². The number of nitrogens with one attached hydrogen (secondary N) is 1. The van der Waals surface area contributed by atoms with Crippen LogP contribution in [0.2, 0.25) is 0 Å². The van der Waals surface area contributed by atoms with E-state index in [-0.39, 0.29) is 12.1 Å². The van der Waals surface area contributed by atoms with Gasteiger partial charge in [0.25, 0.3) is 0 Å². The largest absolute Gasteiger partial charge is 0.465 e. The lowest BCUT2D eigenvalue weighted by Gasteiger charge is -2.24. The highest BCUT2D eigenvalue weighted by Crippen LogP contribution is 2.30. The molecule has 0 radical (unpaired) electrons. The van der Waals surface area contributed by atoms with Gasteiger partial charge in [0.2, 0.25) is 0 Å². The smallest absolute Gasteiger partial charge is 0.328 e. The molecule has 1 N–H and O–H groups in total. The molecule has 2 rings (SSSR count). The van der Waals surface area contributed by atoms with Crippen LogP contribution in [0.4, 0.5) is 0 Å². The molecule has 2 aliphatic heterocycles. The molecule has 2 heterocycles. The minimum absolute atomic E-state index is 0.162. The maximum absolute atomic E-state index is 11.5.